The quantitative estimate of drug-likeness (QED) is 0.708. The van der Waals surface area contributed by atoms with Gasteiger partial charge in [-0.1, -0.05) is 6.92 Å². The molecule has 1 fully saturated rings. The summed E-state index contributed by atoms with van der Waals surface area (Å²) in [6.07, 6.45) is -1.59. The second-order valence-electron chi connectivity index (χ2n) is 5.04. The van der Waals surface area contributed by atoms with Gasteiger partial charge in [0.1, 0.15) is 24.9 Å². The number of esters is 2. The van der Waals surface area contributed by atoms with Crippen LogP contribution in [0.25, 0.3) is 0 Å². The van der Waals surface area contributed by atoms with Crippen LogP contribution in [-0.4, -0.2) is 49.0 Å². The van der Waals surface area contributed by atoms with Crippen LogP contribution in [0.4, 0.5) is 0 Å². The van der Waals surface area contributed by atoms with E-state index in [0.717, 1.165) is 0 Å². The van der Waals surface area contributed by atoms with Crippen molar-refractivity contribution in [2.24, 2.45) is 10.9 Å². The van der Waals surface area contributed by atoms with E-state index in [1.54, 1.807) is 6.92 Å². The number of hydrogen-bond acceptors (Lipinski definition) is 7. The molecule has 112 valence electrons. The van der Waals surface area contributed by atoms with E-state index < -0.39 is 30.4 Å². The van der Waals surface area contributed by atoms with Crippen LogP contribution < -0.4 is 0 Å². The average molecular weight is 285 g/mol. The number of hydrogen-bond donors (Lipinski definition) is 0. The topological polar surface area (TPSA) is 83.4 Å². The lowest BCUT2D eigenvalue weighted by molar-refractivity contribution is -0.230. The first kappa shape index (κ1) is 14.8. The third-order valence-electron chi connectivity index (χ3n) is 3.38. The first-order valence-electron chi connectivity index (χ1n) is 6.55. The standard InChI is InChI=1S/C13H19NO6/c1-6-11-13(18-7(2)14-11)20-10(5-17-8(3)15)12(6)19-9(4)16/h6,10-13H,5H2,1-4H3/t6-,10?,11?,12-,13?/m1/s1. The van der Waals surface area contributed by atoms with E-state index >= 15 is 0 Å². The van der Waals surface area contributed by atoms with E-state index in [4.69, 9.17) is 18.9 Å². The van der Waals surface area contributed by atoms with E-state index in [1.807, 2.05) is 6.92 Å². The molecule has 2 rings (SSSR count). The first-order chi connectivity index (χ1) is 9.38. The van der Waals surface area contributed by atoms with E-state index in [1.165, 1.54) is 13.8 Å². The van der Waals surface area contributed by atoms with Gasteiger partial charge in [0.25, 0.3) is 0 Å². The second-order valence-corrected chi connectivity index (χ2v) is 5.04. The lowest BCUT2D eigenvalue weighted by atomic mass is 9.89. The largest absolute Gasteiger partial charge is 0.463 e. The third kappa shape index (κ3) is 3.09. The fraction of sp³-hybridized carbons (Fsp3) is 0.769. The molecule has 0 aromatic rings. The Morgan fingerprint density at radius 2 is 2.00 bits per heavy atom. The molecule has 0 bridgehead atoms. The van der Waals surface area contributed by atoms with Crippen LogP contribution in [0.2, 0.25) is 0 Å². The van der Waals surface area contributed by atoms with Crippen LogP contribution in [0.15, 0.2) is 4.99 Å². The van der Waals surface area contributed by atoms with Gasteiger partial charge in [-0.2, -0.15) is 0 Å². The Kier molecular flexibility index (Phi) is 4.27. The summed E-state index contributed by atoms with van der Waals surface area (Å²) in [5, 5.41) is 0. The van der Waals surface area contributed by atoms with Crippen molar-refractivity contribution < 1.29 is 28.5 Å². The van der Waals surface area contributed by atoms with Gasteiger partial charge in [-0.25, -0.2) is 4.99 Å². The summed E-state index contributed by atoms with van der Waals surface area (Å²) in [6.45, 7) is 6.33. The molecule has 5 atom stereocenters. The Hall–Kier alpha value is -1.63. The molecule has 7 heteroatoms. The molecule has 0 amide bonds. The smallest absolute Gasteiger partial charge is 0.303 e. The first-order valence-corrected chi connectivity index (χ1v) is 6.55. The molecular weight excluding hydrogens is 266 g/mol. The monoisotopic (exact) mass is 285 g/mol. The van der Waals surface area contributed by atoms with Crippen molar-refractivity contribution in [3.05, 3.63) is 0 Å². The minimum Gasteiger partial charge on any atom is -0.463 e. The highest BCUT2D eigenvalue weighted by atomic mass is 16.7. The Morgan fingerprint density at radius 3 is 2.60 bits per heavy atom. The summed E-state index contributed by atoms with van der Waals surface area (Å²) >= 11 is 0. The molecule has 0 aromatic carbocycles. The molecule has 0 aliphatic carbocycles. The third-order valence-corrected chi connectivity index (χ3v) is 3.38. The molecule has 1 saturated heterocycles. The van der Waals surface area contributed by atoms with Crippen LogP contribution in [-0.2, 0) is 28.5 Å². The zero-order valence-electron chi connectivity index (χ0n) is 12.0. The van der Waals surface area contributed by atoms with Crippen molar-refractivity contribution in [1.29, 1.82) is 0 Å². The number of ether oxygens (including phenoxy) is 4. The average Bonchev–Trinajstić information content (AvgIpc) is 2.71. The van der Waals surface area contributed by atoms with E-state index in [0.29, 0.717) is 5.90 Å². The SMILES string of the molecule is CC(=O)OCC1OC2OC(C)=NC2[C@@H](C)[C@H]1OC(C)=O. The molecule has 0 saturated carbocycles. The highest BCUT2D eigenvalue weighted by molar-refractivity contribution is 5.75. The number of carbonyl (C=O) groups excluding carboxylic acids is 2. The Morgan fingerprint density at radius 1 is 1.30 bits per heavy atom. The van der Waals surface area contributed by atoms with Crippen molar-refractivity contribution in [3.8, 4) is 0 Å². The normalized spacial score (nSPS) is 35.6. The number of rotatable bonds is 3. The lowest BCUT2D eigenvalue weighted by Crippen LogP contribution is -2.54. The molecule has 3 unspecified atom stereocenters. The van der Waals surface area contributed by atoms with Gasteiger partial charge >= 0.3 is 11.9 Å². The summed E-state index contributed by atoms with van der Waals surface area (Å²) in [7, 11) is 0. The van der Waals surface area contributed by atoms with Crippen molar-refractivity contribution in [1.82, 2.24) is 0 Å². The molecule has 2 aliphatic heterocycles. The molecule has 7 nitrogen and oxygen atoms in total. The van der Waals surface area contributed by atoms with Crippen LogP contribution in [0.1, 0.15) is 27.7 Å². The van der Waals surface area contributed by atoms with Gasteiger partial charge in [0, 0.05) is 26.7 Å². The molecule has 0 N–H and O–H groups in total. The van der Waals surface area contributed by atoms with Crippen LogP contribution in [0.5, 0.6) is 0 Å². The maximum absolute atomic E-state index is 11.2. The van der Waals surface area contributed by atoms with Crippen molar-refractivity contribution >= 4 is 17.8 Å². The Balaban J connectivity index is 2.12. The summed E-state index contributed by atoms with van der Waals surface area (Å²) in [5.74, 6) is -0.363. The highest BCUT2D eigenvalue weighted by Gasteiger charge is 2.49. The van der Waals surface area contributed by atoms with Crippen molar-refractivity contribution in [2.75, 3.05) is 6.61 Å². The van der Waals surface area contributed by atoms with Gasteiger partial charge in [-0.3, -0.25) is 9.59 Å². The van der Waals surface area contributed by atoms with Crippen LogP contribution in [0, 0.1) is 5.92 Å². The Labute approximate surface area is 117 Å². The number of aliphatic imine (C=N–C) groups is 1. The summed E-state index contributed by atoms with van der Waals surface area (Å²) < 4.78 is 21.5. The zero-order valence-corrected chi connectivity index (χ0v) is 12.0. The Bertz CT molecular complexity index is 435. The fourth-order valence-electron chi connectivity index (χ4n) is 2.50. The summed E-state index contributed by atoms with van der Waals surface area (Å²) in [6, 6.07) is -0.215. The highest BCUT2D eigenvalue weighted by Crippen LogP contribution is 2.34. The number of fused-ring (bicyclic) bond motifs is 1. The molecule has 0 radical (unpaired) electrons. The van der Waals surface area contributed by atoms with Gasteiger partial charge < -0.3 is 18.9 Å². The lowest BCUT2D eigenvalue weighted by Gasteiger charge is -2.40. The fourth-order valence-corrected chi connectivity index (χ4v) is 2.50. The minimum absolute atomic E-state index is 0.0171. The number of carbonyl (C=O) groups is 2. The molecule has 2 aliphatic rings. The van der Waals surface area contributed by atoms with E-state index in [9.17, 15) is 9.59 Å². The van der Waals surface area contributed by atoms with Gasteiger partial charge in [-0.05, 0) is 0 Å². The van der Waals surface area contributed by atoms with Crippen LogP contribution in [0.3, 0.4) is 0 Å². The van der Waals surface area contributed by atoms with Crippen molar-refractivity contribution in [3.63, 3.8) is 0 Å². The van der Waals surface area contributed by atoms with Gasteiger partial charge in [0.2, 0.25) is 6.29 Å². The maximum atomic E-state index is 11.2. The zero-order chi connectivity index (χ0) is 14.9. The second kappa shape index (κ2) is 5.78. The van der Waals surface area contributed by atoms with Crippen molar-refractivity contribution in [2.45, 2.75) is 52.2 Å². The predicted molar refractivity (Wildman–Crippen MR) is 68.0 cm³/mol. The van der Waals surface area contributed by atoms with E-state index in [-0.39, 0.29) is 18.6 Å². The molecule has 0 aromatic heterocycles. The summed E-state index contributed by atoms with van der Waals surface area (Å²) in [5.41, 5.74) is 0. The van der Waals surface area contributed by atoms with E-state index in [2.05, 4.69) is 4.99 Å². The van der Waals surface area contributed by atoms with Gasteiger partial charge in [-0.15, -0.1) is 0 Å². The molecular formula is C13H19NO6. The molecule has 2 heterocycles. The molecule has 20 heavy (non-hydrogen) atoms. The number of nitrogens with zero attached hydrogens (tertiary/aromatic N) is 1. The van der Waals surface area contributed by atoms with Gasteiger partial charge in [0.05, 0.1) is 0 Å². The van der Waals surface area contributed by atoms with Crippen LogP contribution >= 0.6 is 0 Å². The minimum atomic E-state index is -0.555. The maximum Gasteiger partial charge on any atom is 0.303 e. The van der Waals surface area contributed by atoms with Gasteiger partial charge in [0.15, 0.2) is 5.90 Å². The predicted octanol–water partition coefficient (Wildman–Crippen LogP) is 0.659. The summed E-state index contributed by atoms with van der Waals surface area (Å²) in [4.78, 5) is 26.5. The molecule has 0 spiro atoms.